The summed E-state index contributed by atoms with van der Waals surface area (Å²) in [5.41, 5.74) is 8.02. The van der Waals surface area contributed by atoms with Crippen LogP contribution >= 0.6 is 0 Å². The molecule has 1 fully saturated rings. The van der Waals surface area contributed by atoms with Crippen LogP contribution in [0.1, 0.15) is 63.8 Å². The molecule has 308 valence electrons. The van der Waals surface area contributed by atoms with Crippen LogP contribution in [0.5, 0.6) is 5.75 Å². The summed E-state index contributed by atoms with van der Waals surface area (Å²) in [5.74, 6) is -5.41. The molecule has 16 nitrogen and oxygen atoms in total. The van der Waals surface area contributed by atoms with Gasteiger partial charge in [-0.1, -0.05) is 76.6 Å². The number of likely N-dealkylation sites (tertiary alicyclic amines) is 1. The molecule has 5 amide bonds. The van der Waals surface area contributed by atoms with Crippen molar-refractivity contribution in [2.45, 2.75) is 96.4 Å². The number of imidazole rings is 1. The standard InChI is InChI=1S/C41H56N8O8/c1-5-25(4)35(48-36(51)31(46-38(53)34(42)24(2)3)19-27-13-15-30(50)16-14-27)39(54)47-32(20-29-22-43-23-45-29)40(55)49-17-9-12-33(49)37(52)44-21-28(41(56)57)18-26-10-7-6-8-11-26/h6-8,10-11,13-16,22-25,28,31-35,50H,5,9,12,17-21,42H2,1-4H3,(H,43,45)(H,44,52)(H,46,53)(H,47,54)(H,48,51)(H,56,57). The maximum atomic E-state index is 14.3. The monoisotopic (exact) mass is 788 g/mol. The number of carboxylic acids is 1. The Morgan fingerprint density at radius 1 is 0.877 bits per heavy atom. The van der Waals surface area contributed by atoms with Crippen LogP contribution in [-0.2, 0) is 48.0 Å². The molecule has 7 atom stereocenters. The van der Waals surface area contributed by atoms with Crippen molar-refractivity contribution in [1.82, 2.24) is 36.1 Å². The Morgan fingerprint density at radius 2 is 1.54 bits per heavy atom. The van der Waals surface area contributed by atoms with Crippen molar-refractivity contribution in [2.75, 3.05) is 13.1 Å². The Labute approximate surface area is 332 Å². The van der Waals surface area contributed by atoms with E-state index in [1.165, 1.54) is 23.4 Å². The predicted molar refractivity (Wildman–Crippen MR) is 211 cm³/mol. The number of benzene rings is 2. The summed E-state index contributed by atoms with van der Waals surface area (Å²) >= 11 is 0. The van der Waals surface area contributed by atoms with Gasteiger partial charge in [0, 0.05) is 32.1 Å². The molecule has 7 unspecified atom stereocenters. The topological polar surface area (TPSA) is 249 Å². The van der Waals surface area contributed by atoms with Gasteiger partial charge < -0.3 is 47.1 Å². The highest BCUT2D eigenvalue weighted by Gasteiger charge is 2.40. The molecule has 16 heteroatoms. The number of amides is 5. The molecule has 0 aliphatic carbocycles. The van der Waals surface area contributed by atoms with Crippen molar-refractivity contribution in [1.29, 1.82) is 0 Å². The molecule has 2 aromatic carbocycles. The van der Waals surface area contributed by atoms with E-state index in [0.29, 0.717) is 30.5 Å². The second-order valence-corrected chi connectivity index (χ2v) is 15.1. The van der Waals surface area contributed by atoms with Crippen LogP contribution in [0.25, 0.3) is 0 Å². The minimum absolute atomic E-state index is 0.0229. The van der Waals surface area contributed by atoms with E-state index in [9.17, 15) is 39.0 Å². The Kier molecular flexibility index (Phi) is 16.2. The highest BCUT2D eigenvalue weighted by Crippen LogP contribution is 2.21. The molecular weight excluding hydrogens is 732 g/mol. The van der Waals surface area contributed by atoms with Crippen LogP contribution in [-0.4, -0.2) is 104 Å². The lowest BCUT2D eigenvalue weighted by molar-refractivity contribution is -0.143. The molecular formula is C41H56N8O8. The summed E-state index contributed by atoms with van der Waals surface area (Å²) in [4.78, 5) is 89.6. The van der Waals surface area contributed by atoms with Crippen LogP contribution in [0.3, 0.4) is 0 Å². The van der Waals surface area contributed by atoms with Gasteiger partial charge in [0.2, 0.25) is 29.5 Å². The van der Waals surface area contributed by atoms with Crippen LogP contribution in [0.2, 0.25) is 0 Å². The van der Waals surface area contributed by atoms with Crippen molar-refractivity contribution < 1.29 is 39.0 Å². The van der Waals surface area contributed by atoms with E-state index < -0.39 is 77.6 Å². The molecule has 0 bridgehead atoms. The molecule has 1 aliphatic rings. The summed E-state index contributed by atoms with van der Waals surface area (Å²) in [6.45, 7) is 7.29. The second-order valence-electron chi connectivity index (χ2n) is 15.1. The number of hydrogen-bond donors (Lipinski definition) is 8. The fourth-order valence-corrected chi connectivity index (χ4v) is 6.67. The molecule has 1 aliphatic heterocycles. The van der Waals surface area contributed by atoms with Crippen molar-refractivity contribution in [3.05, 3.63) is 83.9 Å². The first-order valence-electron chi connectivity index (χ1n) is 19.5. The van der Waals surface area contributed by atoms with E-state index in [-0.39, 0.29) is 44.0 Å². The Hall–Kier alpha value is -5.77. The van der Waals surface area contributed by atoms with Crippen LogP contribution in [0.15, 0.2) is 67.1 Å². The number of H-pyrrole nitrogens is 1. The molecule has 9 N–H and O–H groups in total. The van der Waals surface area contributed by atoms with Crippen LogP contribution in [0, 0.1) is 17.8 Å². The number of carbonyl (C=O) groups is 6. The first-order chi connectivity index (χ1) is 27.2. The van der Waals surface area contributed by atoms with Gasteiger partial charge in [0.25, 0.3) is 0 Å². The van der Waals surface area contributed by atoms with E-state index in [4.69, 9.17) is 5.73 Å². The predicted octanol–water partition coefficient (Wildman–Crippen LogP) is 1.44. The van der Waals surface area contributed by atoms with E-state index in [0.717, 1.165) is 5.56 Å². The number of aromatic nitrogens is 2. The maximum Gasteiger partial charge on any atom is 0.308 e. The number of aromatic amines is 1. The van der Waals surface area contributed by atoms with Gasteiger partial charge in [0.05, 0.1) is 24.0 Å². The fraction of sp³-hybridized carbons (Fsp3) is 0.488. The number of carbonyl (C=O) groups excluding carboxylic acids is 5. The number of hydrogen-bond acceptors (Lipinski definition) is 9. The number of nitrogens with zero attached hydrogens (tertiary/aromatic N) is 2. The van der Waals surface area contributed by atoms with Crippen molar-refractivity contribution in [2.24, 2.45) is 23.5 Å². The van der Waals surface area contributed by atoms with Gasteiger partial charge >= 0.3 is 5.97 Å². The van der Waals surface area contributed by atoms with Gasteiger partial charge in [-0.3, -0.25) is 28.8 Å². The summed E-state index contributed by atoms with van der Waals surface area (Å²) in [6.07, 6.45) is 4.59. The van der Waals surface area contributed by atoms with Gasteiger partial charge in [-0.15, -0.1) is 0 Å². The zero-order chi connectivity index (χ0) is 41.6. The largest absolute Gasteiger partial charge is 0.508 e. The van der Waals surface area contributed by atoms with Crippen LogP contribution in [0.4, 0.5) is 0 Å². The normalized spacial score (nSPS) is 17.1. The zero-order valence-corrected chi connectivity index (χ0v) is 32.9. The molecule has 1 saturated heterocycles. The van der Waals surface area contributed by atoms with Crippen molar-refractivity contribution >= 4 is 35.5 Å². The highest BCUT2D eigenvalue weighted by molar-refractivity contribution is 5.96. The minimum Gasteiger partial charge on any atom is -0.508 e. The van der Waals surface area contributed by atoms with Crippen molar-refractivity contribution in [3.8, 4) is 5.75 Å². The summed E-state index contributed by atoms with van der Waals surface area (Å²) < 4.78 is 0. The molecule has 4 rings (SSSR count). The lowest BCUT2D eigenvalue weighted by Gasteiger charge is -2.31. The van der Waals surface area contributed by atoms with E-state index in [2.05, 4.69) is 31.2 Å². The number of nitrogens with one attached hydrogen (secondary N) is 5. The summed E-state index contributed by atoms with van der Waals surface area (Å²) in [6, 6.07) is 10.0. The zero-order valence-electron chi connectivity index (χ0n) is 32.9. The molecule has 3 aromatic rings. The van der Waals surface area contributed by atoms with E-state index in [1.54, 1.807) is 39.1 Å². The number of phenolic OH excluding ortho intramolecular Hbond substituents is 1. The average Bonchev–Trinajstić information content (AvgIpc) is 3.91. The van der Waals surface area contributed by atoms with Gasteiger partial charge in [0.15, 0.2) is 0 Å². The quantitative estimate of drug-likeness (QED) is 0.0818. The molecule has 0 spiro atoms. The SMILES string of the molecule is CCC(C)C(NC(=O)C(Cc1ccc(O)cc1)NC(=O)C(N)C(C)C)C(=O)NC(Cc1c[nH]cn1)C(=O)N1CCCC1C(=O)NCC(Cc1ccccc1)C(=O)O. The van der Waals surface area contributed by atoms with Gasteiger partial charge in [-0.25, -0.2) is 4.98 Å². The number of aliphatic carboxylic acids is 1. The smallest absolute Gasteiger partial charge is 0.308 e. The molecule has 2 heterocycles. The average molecular weight is 789 g/mol. The van der Waals surface area contributed by atoms with Crippen molar-refractivity contribution in [3.63, 3.8) is 0 Å². The van der Waals surface area contributed by atoms with Gasteiger partial charge in [0.1, 0.15) is 29.9 Å². The Morgan fingerprint density at radius 3 is 2.16 bits per heavy atom. The lowest BCUT2D eigenvalue weighted by Crippen LogP contribution is -2.61. The van der Waals surface area contributed by atoms with Crippen LogP contribution < -0.4 is 27.0 Å². The maximum absolute atomic E-state index is 14.3. The molecule has 57 heavy (non-hydrogen) atoms. The summed E-state index contributed by atoms with van der Waals surface area (Å²) in [7, 11) is 0. The number of carboxylic acid groups (broad SMARTS) is 1. The second kappa shape index (κ2) is 20.9. The van der Waals surface area contributed by atoms with Gasteiger partial charge in [-0.2, -0.15) is 0 Å². The lowest BCUT2D eigenvalue weighted by atomic mass is 9.96. The summed E-state index contributed by atoms with van der Waals surface area (Å²) in [5, 5.41) is 30.7. The fourth-order valence-electron chi connectivity index (χ4n) is 6.67. The molecule has 1 aromatic heterocycles. The first kappa shape index (κ1) is 44.0. The third-order valence-corrected chi connectivity index (χ3v) is 10.4. The molecule has 0 saturated carbocycles. The molecule has 0 radical (unpaired) electrons. The Bertz CT molecular complexity index is 1800. The third kappa shape index (κ3) is 12.6. The number of nitrogens with two attached hydrogens (primary N) is 1. The Balaban J connectivity index is 1.52. The van der Waals surface area contributed by atoms with Gasteiger partial charge in [-0.05, 0) is 54.4 Å². The number of rotatable bonds is 20. The highest BCUT2D eigenvalue weighted by atomic mass is 16.4. The first-order valence-corrected chi connectivity index (χ1v) is 19.5. The third-order valence-electron chi connectivity index (χ3n) is 10.4. The number of aromatic hydroxyl groups is 1. The minimum atomic E-state index is -1.18. The van der Waals surface area contributed by atoms with E-state index >= 15 is 0 Å². The van der Waals surface area contributed by atoms with E-state index in [1.807, 2.05) is 37.3 Å². The number of phenols is 1.